The van der Waals surface area contributed by atoms with E-state index in [2.05, 4.69) is 24.1 Å². The summed E-state index contributed by atoms with van der Waals surface area (Å²) in [6, 6.07) is 0. The van der Waals surface area contributed by atoms with E-state index in [1.165, 1.54) is 10.6 Å². The second-order valence-electron chi connectivity index (χ2n) is 3.25. The lowest BCUT2D eigenvalue weighted by molar-refractivity contribution is 0.134. The molecule has 4 heteroatoms. The molecule has 0 aliphatic heterocycles. The molecule has 0 radical (unpaired) electrons. The number of ether oxygens (including phenoxy) is 1. The summed E-state index contributed by atoms with van der Waals surface area (Å²) in [5, 5.41) is 4.44. The first kappa shape index (κ1) is 12.6. The van der Waals surface area contributed by atoms with Gasteiger partial charge in [-0.15, -0.1) is 11.3 Å². The van der Waals surface area contributed by atoms with Gasteiger partial charge in [0.1, 0.15) is 5.01 Å². The van der Waals surface area contributed by atoms with E-state index in [0.717, 1.165) is 31.1 Å². The first-order valence-corrected chi connectivity index (χ1v) is 6.39. The molecule has 0 aromatic carbocycles. The fourth-order valence-corrected chi connectivity index (χ4v) is 2.41. The third-order valence-corrected chi connectivity index (χ3v) is 3.19. The molecule has 0 saturated carbocycles. The average Bonchev–Trinajstić information content (AvgIpc) is 2.66. The molecule has 1 heterocycles. The van der Waals surface area contributed by atoms with Crippen LogP contribution in [0.1, 0.15) is 36.3 Å². The van der Waals surface area contributed by atoms with E-state index in [4.69, 9.17) is 4.74 Å². The highest BCUT2D eigenvalue weighted by molar-refractivity contribution is 7.11. The van der Waals surface area contributed by atoms with Crippen molar-refractivity contribution in [1.29, 1.82) is 0 Å². The summed E-state index contributed by atoms with van der Waals surface area (Å²) in [5.74, 6) is 0. The summed E-state index contributed by atoms with van der Waals surface area (Å²) < 4.78 is 5.36. The Labute approximate surface area is 95.9 Å². The van der Waals surface area contributed by atoms with E-state index in [1.807, 2.05) is 6.92 Å². The van der Waals surface area contributed by atoms with Gasteiger partial charge < -0.3 is 10.1 Å². The second kappa shape index (κ2) is 6.93. The summed E-state index contributed by atoms with van der Waals surface area (Å²) in [5.41, 5.74) is 1.22. The van der Waals surface area contributed by atoms with Crippen LogP contribution in [0.5, 0.6) is 0 Å². The molecule has 15 heavy (non-hydrogen) atoms. The lowest BCUT2D eigenvalue weighted by Gasteiger charge is -1.99. The molecular formula is C11H20N2OS. The Morgan fingerprint density at radius 2 is 2.13 bits per heavy atom. The number of aromatic nitrogens is 1. The maximum absolute atomic E-state index is 5.36. The summed E-state index contributed by atoms with van der Waals surface area (Å²) in [6.45, 7) is 9.62. The smallest absolute Gasteiger partial charge is 0.119 e. The second-order valence-corrected chi connectivity index (χ2v) is 4.42. The van der Waals surface area contributed by atoms with Crippen LogP contribution in [0.2, 0.25) is 0 Å². The van der Waals surface area contributed by atoms with Crippen molar-refractivity contribution in [2.75, 3.05) is 13.2 Å². The molecule has 0 spiro atoms. The molecule has 1 rings (SSSR count). The van der Waals surface area contributed by atoms with E-state index in [-0.39, 0.29) is 0 Å². The highest BCUT2D eigenvalue weighted by Crippen LogP contribution is 2.19. The number of thiazole rings is 1. The Kier molecular flexibility index (Phi) is 5.83. The van der Waals surface area contributed by atoms with Gasteiger partial charge in [0.05, 0.1) is 12.3 Å². The molecular weight excluding hydrogens is 208 g/mol. The van der Waals surface area contributed by atoms with Crippen LogP contribution in [-0.2, 0) is 24.3 Å². The lowest BCUT2D eigenvalue weighted by atomic mass is 10.3. The molecule has 0 aliphatic carbocycles. The van der Waals surface area contributed by atoms with Gasteiger partial charge in [-0.25, -0.2) is 4.98 Å². The van der Waals surface area contributed by atoms with Gasteiger partial charge in [-0.05, 0) is 19.9 Å². The Bertz CT molecular complexity index is 286. The van der Waals surface area contributed by atoms with Crippen molar-refractivity contribution in [3.05, 3.63) is 15.6 Å². The van der Waals surface area contributed by atoms with Gasteiger partial charge in [0.25, 0.3) is 0 Å². The van der Waals surface area contributed by atoms with Crippen molar-refractivity contribution in [3.8, 4) is 0 Å². The number of aryl methyl sites for hydroxylation is 1. The van der Waals surface area contributed by atoms with E-state index in [9.17, 15) is 0 Å². The summed E-state index contributed by atoms with van der Waals surface area (Å²) in [7, 11) is 0. The van der Waals surface area contributed by atoms with Crippen molar-refractivity contribution in [2.24, 2.45) is 0 Å². The molecule has 1 N–H and O–H groups in total. The zero-order valence-electron chi connectivity index (χ0n) is 9.80. The predicted molar refractivity (Wildman–Crippen MR) is 64.2 cm³/mol. The van der Waals surface area contributed by atoms with Crippen LogP contribution >= 0.6 is 11.3 Å². The van der Waals surface area contributed by atoms with E-state index < -0.39 is 0 Å². The first-order chi connectivity index (χ1) is 7.31. The molecule has 0 aliphatic rings. The minimum atomic E-state index is 0.653. The highest BCUT2D eigenvalue weighted by Gasteiger charge is 2.08. The zero-order chi connectivity index (χ0) is 11.1. The van der Waals surface area contributed by atoms with E-state index >= 15 is 0 Å². The molecule has 86 valence electrons. The summed E-state index contributed by atoms with van der Waals surface area (Å²) in [6.07, 6.45) is 1.00. The molecule has 1 aromatic heterocycles. The van der Waals surface area contributed by atoms with Crippen LogP contribution in [0.3, 0.4) is 0 Å². The average molecular weight is 228 g/mol. The van der Waals surface area contributed by atoms with Gasteiger partial charge in [-0.2, -0.15) is 0 Å². The fraction of sp³-hybridized carbons (Fsp3) is 0.727. The maximum Gasteiger partial charge on any atom is 0.119 e. The third kappa shape index (κ3) is 3.89. The fourth-order valence-electron chi connectivity index (χ4n) is 1.34. The van der Waals surface area contributed by atoms with Crippen molar-refractivity contribution in [1.82, 2.24) is 10.3 Å². The summed E-state index contributed by atoms with van der Waals surface area (Å²) in [4.78, 5) is 5.93. The Hall–Kier alpha value is -0.450. The van der Waals surface area contributed by atoms with Gasteiger partial charge in [0.15, 0.2) is 0 Å². The molecule has 1 aromatic rings. The van der Waals surface area contributed by atoms with Crippen molar-refractivity contribution in [3.63, 3.8) is 0 Å². The van der Waals surface area contributed by atoms with Crippen molar-refractivity contribution < 1.29 is 4.74 Å². The topological polar surface area (TPSA) is 34.1 Å². The Balaban J connectivity index is 2.62. The van der Waals surface area contributed by atoms with Gasteiger partial charge in [-0.1, -0.05) is 13.8 Å². The van der Waals surface area contributed by atoms with Crippen LogP contribution in [-0.4, -0.2) is 18.1 Å². The van der Waals surface area contributed by atoms with Crippen molar-refractivity contribution in [2.45, 2.75) is 40.3 Å². The van der Waals surface area contributed by atoms with Gasteiger partial charge in [0.2, 0.25) is 0 Å². The maximum atomic E-state index is 5.36. The van der Waals surface area contributed by atoms with Crippen LogP contribution in [0.4, 0.5) is 0 Å². The summed E-state index contributed by atoms with van der Waals surface area (Å²) >= 11 is 1.77. The molecule has 0 atom stereocenters. The van der Waals surface area contributed by atoms with E-state index in [1.54, 1.807) is 11.3 Å². The molecule has 0 amide bonds. The number of hydrogen-bond acceptors (Lipinski definition) is 4. The monoisotopic (exact) mass is 228 g/mol. The quantitative estimate of drug-likeness (QED) is 0.778. The van der Waals surface area contributed by atoms with Gasteiger partial charge >= 0.3 is 0 Å². The molecule has 3 nitrogen and oxygen atoms in total. The minimum Gasteiger partial charge on any atom is -0.375 e. The van der Waals surface area contributed by atoms with Crippen LogP contribution < -0.4 is 5.32 Å². The lowest BCUT2D eigenvalue weighted by Crippen LogP contribution is -2.11. The third-order valence-electron chi connectivity index (χ3n) is 2.12. The van der Waals surface area contributed by atoms with Crippen molar-refractivity contribution >= 4 is 11.3 Å². The normalized spacial score (nSPS) is 10.9. The molecule has 0 saturated heterocycles. The first-order valence-electron chi connectivity index (χ1n) is 5.57. The number of nitrogens with one attached hydrogen (secondary N) is 1. The van der Waals surface area contributed by atoms with Crippen LogP contribution in [0.15, 0.2) is 0 Å². The Morgan fingerprint density at radius 3 is 2.73 bits per heavy atom. The SMILES string of the molecule is CCNCc1sc(COCC)nc1CC. The minimum absolute atomic E-state index is 0.653. The highest BCUT2D eigenvalue weighted by atomic mass is 32.1. The molecule has 0 bridgehead atoms. The van der Waals surface area contributed by atoms with Gasteiger partial charge in [0, 0.05) is 18.0 Å². The Morgan fingerprint density at radius 1 is 1.33 bits per heavy atom. The number of rotatable bonds is 7. The predicted octanol–water partition coefficient (Wildman–Crippen LogP) is 2.35. The molecule has 0 unspecified atom stereocenters. The zero-order valence-corrected chi connectivity index (χ0v) is 10.6. The van der Waals surface area contributed by atoms with Gasteiger partial charge in [-0.3, -0.25) is 0 Å². The number of hydrogen-bond donors (Lipinski definition) is 1. The number of nitrogens with zero attached hydrogens (tertiary/aromatic N) is 1. The largest absolute Gasteiger partial charge is 0.375 e. The van der Waals surface area contributed by atoms with Crippen LogP contribution in [0, 0.1) is 0 Å². The molecule has 0 fully saturated rings. The van der Waals surface area contributed by atoms with Crippen LogP contribution in [0.25, 0.3) is 0 Å². The van der Waals surface area contributed by atoms with E-state index in [0.29, 0.717) is 6.61 Å². The standard InChI is InChI=1S/C11H20N2OS/c1-4-9-10(7-12-5-2)15-11(13-9)8-14-6-3/h12H,4-8H2,1-3H3.